The second kappa shape index (κ2) is 7.82. The Balaban J connectivity index is 0. The lowest BCUT2D eigenvalue weighted by Crippen LogP contribution is -2.43. The van der Waals surface area contributed by atoms with Crippen LogP contribution in [0, 0.1) is 5.92 Å². The topological polar surface area (TPSA) is 55.1 Å². The first kappa shape index (κ1) is 17.0. The van der Waals surface area contributed by atoms with E-state index in [9.17, 15) is 13.6 Å². The van der Waals surface area contributed by atoms with Gasteiger partial charge in [0.05, 0.1) is 13.1 Å². The van der Waals surface area contributed by atoms with Gasteiger partial charge in [-0.25, -0.2) is 8.78 Å². The van der Waals surface area contributed by atoms with Crippen LogP contribution < -0.4 is 11.1 Å². The SMILES string of the molecule is CCC(CC)C(=O)NCC(F)(F)CN.Cl. The van der Waals surface area contributed by atoms with E-state index in [1.807, 2.05) is 13.8 Å². The number of amides is 1. The maximum Gasteiger partial charge on any atom is 0.277 e. The largest absolute Gasteiger partial charge is 0.350 e. The van der Waals surface area contributed by atoms with Crippen LogP contribution in [-0.2, 0) is 4.79 Å². The summed E-state index contributed by atoms with van der Waals surface area (Å²) in [4.78, 5) is 11.3. The quantitative estimate of drug-likeness (QED) is 0.745. The molecule has 0 radical (unpaired) electrons. The Bertz CT molecular complexity index is 187. The predicted molar refractivity (Wildman–Crippen MR) is 58.3 cm³/mol. The molecule has 0 aromatic rings. The molecule has 0 atom stereocenters. The molecule has 0 bridgehead atoms. The number of nitrogens with one attached hydrogen (secondary N) is 1. The van der Waals surface area contributed by atoms with Crippen molar-refractivity contribution in [3.05, 3.63) is 0 Å². The van der Waals surface area contributed by atoms with Crippen LogP contribution in [0.2, 0.25) is 0 Å². The van der Waals surface area contributed by atoms with Crippen LogP contribution in [-0.4, -0.2) is 24.9 Å². The highest BCUT2D eigenvalue weighted by Gasteiger charge is 2.28. The highest BCUT2D eigenvalue weighted by Crippen LogP contribution is 2.11. The molecule has 92 valence electrons. The molecule has 0 aliphatic carbocycles. The van der Waals surface area contributed by atoms with Gasteiger partial charge in [-0.05, 0) is 12.8 Å². The highest BCUT2D eigenvalue weighted by molar-refractivity contribution is 5.85. The lowest BCUT2D eigenvalue weighted by atomic mass is 10.0. The lowest BCUT2D eigenvalue weighted by molar-refractivity contribution is -0.127. The number of nitrogens with two attached hydrogens (primary N) is 1. The number of hydrogen-bond donors (Lipinski definition) is 2. The van der Waals surface area contributed by atoms with E-state index < -0.39 is 19.0 Å². The molecule has 0 aliphatic heterocycles. The van der Waals surface area contributed by atoms with Crippen molar-refractivity contribution >= 4 is 18.3 Å². The molecule has 0 aromatic heterocycles. The first-order chi connectivity index (χ1) is 6.46. The zero-order valence-electron chi connectivity index (χ0n) is 9.06. The smallest absolute Gasteiger partial charge is 0.277 e. The second-order valence-electron chi connectivity index (χ2n) is 3.29. The van der Waals surface area contributed by atoms with Crippen LogP contribution in [0.15, 0.2) is 0 Å². The molecule has 0 saturated carbocycles. The minimum atomic E-state index is -3.00. The summed E-state index contributed by atoms with van der Waals surface area (Å²) in [6.45, 7) is 2.30. The van der Waals surface area contributed by atoms with E-state index >= 15 is 0 Å². The van der Waals surface area contributed by atoms with Gasteiger partial charge in [0.25, 0.3) is 5.92 Å². The number of carbonyl (C=O) groups excluding carboxylic acids is 1. The molecule has 1 amide bonds. The second-order valence-corrected chi connectivity index (χ2v) is 3.29. The molecular formula is C9H19ClF2N2O. The molecule has 0 fully saturated rings. The zero-order valence-corrected chi connectivity index (χ0v) is 9.87. The molecule has 3 nitrogen and oxygen atoms in total. The monoisotopic (exact) mass is 244 g/mol. The van der Waals surface area contributed by atoms with Gasteiger partial charge in [0, 0.05) is 5.92 Å². The Labute approximate surface area is 95.2 Å². The number of alkyl halides is 2. The van der Waals surface area contributed by atoms with Crippen molar-refractivity contribution in [1.82, 2.24) is 5.32 Å². The third kappa shape index (κ3) is 6.62. The summed E-state index contributed by atoms with van der Waals surface area (Å²) in [5.74, 6) is -3.49. The zero-order chi connectivity index (χ0) is 11.2. The van der Waals surface area contributed by atoms with Gasteiger partial charge >= 0.3 is 0 Å². The number of halogens is 3. The van der Waals surface area contributed by atoms with Gasteiger partial charge in [-0.2, -0.15) is 0 Å². The molecule has 0 aromatic carbocycles. The Morgan fingerprint density at radius 2 is 1.87 bits per heavy atom. The summed E-state index contributed by atoms with van der Waals surface area (Å²) in [6, 6.07) is 0. The maximum atomic E-state index is 12.6. The minimum Gasteiger partial charge on any atom is -0.350 e. The van der Waals surface area contributed by atoms with Crippen molar-refractivity contribution < 1.29 is 13.6 Å². The maximum absolute atomic E-state index is 12.6. The molecule has 3 N–H and O–H groups in total. The van der Waals surface area contributed by atoms with E-state index in [0.717, 1.165) is 0 Å². The van der Waals surface area contributed by atoms with Crippen molar-refractivity contribution in [3.8, 4) is 0 Å². The highest BCUT2D eigenvalue weighted by atomic mass is 35.5. The third-order valence-electron chi connectivity index (χ3n) is 2.18. The molecule has 0 rings (SSSR count). The number of carbonyl (C=O) groups is 1. The average Bonchev–Trinajstić information content (AvgIpc) is 2.17. The normalized spacial score (nSPS) is 11.1. The van der Waals surface area contributed by atoms with Gasteiger partial charge in [0.15, 0.2) is 0 Å². The van der Waals surface area contributed by atoms with Crippen LogP contribution in [0.1, 0.15) is 26.7 Å². The van der Waals surface area contributed by atoms with Gasteiger partial charge in [-0.3, -0.25) is 4.79 Å². The fraction of sp³-hybridized carbons (Fsp3) is 0.889. The van der Waals surface area contributed by atoms with Gasteiger partial charge < -0.3 is 11.1 Å². The minimum absolute atomic E-state index is 0. The van der Waals surface area contributed by atoms with Crippen LogP contribution in [0.4, 0.5) is 8.78 Å². The van der Waals surface area contributed by atoms with Crippen molar-refractivity contribution in [3.63, 3.8) is 0 Å². The van der Waals surface area contributed by atoms with Crippen LogP contribution in [0.25, 0.3) is 0 Å². The van der Waals surface area contributed by atoms with Crippen molar-refractivity contribution in [1.29, 1.82) is 0 Å². The van der Waals surface area contributed by atoms with E-state index in [2.05, 4.69) is 5.32 Å². The van der Waals surface area contributed by atoms with Crippen molar-refractivity contribution in [2.24, 2.45) is 11.7 Å². The van der Waals surface area contributed by atoms with Crippen molar-refractivity contribution in [2.75, 3.05) is 13.1 Å². The van der Waals surface area contributed by atoms with Gasteiger partial charge in [-0.1, -0.05) is 13.8 Å². The first-order valence-electron chi connectivity index (χ1n) is 4.82. The summed E-state index contributed by atoms with van der Waals surface area (Å²) in [5.41, 5.74) is 4.83. The third-order valence-corrected chi connectivity index (χ3v) is 2.18. The standard InChI is InChI=1S/C9H18F2N2O.ClH/c1-3-7(4-2)8(14)13-6-9(10,11)5-12;/h7H,3-6,12H2,1-2H3,(H,13,14);1H. The lowest BCUT2D eigenvalue weighted by Gasteiger charge is -2.17. The Morgan fingerprint density at radius 3 is 2.20 bits per heavy atom. The van der Waals surface area contributed by atoms with Crippen LogP contribution in [0.5, 0.6) is 0 Å². The molecule has 0 unspecified atom stereocenters. The molecule has 0 aliphatic rings. The molecule has 0 spiro atoms. The van der Waals surface area contributed by atoms with E-state index in [0.29, 0.717) is 12.8 Å². The fourth-order valence-electron chi connectivity index (χ4n) is 1.09. The van der Waals surface area contributed by atoms with Gasteiger partial charge in [0.2, 0.25) is 5.91 Å². The molecule has 15 heavy (non-hydrogen) atoms. The molecule has 0 saturated heterocycles. The molecule has 0 heterocycles. The fourth-order valence-corrected chi connectivity index (χ4v) is 1.09. The van der Waals surface area contributed by atoms with Crippen LogP contribution in [0.3, 0.4) is 0 Å². The number of hydrogen-bond acceptors (Lipinski definition) is 2. The first-order valence-corrected chi connectivity index (χ1v) is 4.82. The average molecular weight is 245 g/mol. The van der Waals surface area contributed by atoms with Crippen LogP contribution >= 0.6 is 12.4 Å². The number of rotatable bonds is 6. The summed E-state index contributed by atoms with van der Waals surface area (Å²) >= 11 is 0. The van der Waals surface area contributed by atoms with Gasteiger partial charge in [0.1, 0.15) is 0 Å². The predicted octanol–water partition coefficient (Wildman–Crippen LogP) is 1.55. The van der Waals surface area contributed by atoms with E-state index in [1.54, 1.807) is 0 Å². The van der Waals surface area contributed by atoms with Crippen molar-refractivity contribution in [2.45, 2.75) is 32.6 Å². The van der Waals surface area contributed by atoms with E-state index in [1.165, 1.54) is 0 Å². The summed E-state index contributed by atoms with van der Waals surface area (Å²) in [5, 5.41) is 2.21. The Morgan fingerprint density at radius 1 is 1.40 bits per heavy atom. The summed E-state index contributed by atoms with van der Waals surface area (Å²) in [6.07, 6.45) is 1.33. The molecule has 6 heteroatoms. The van der Waals surface area contributed by atoms with E-state index in [4.69, 9.17) is 5.73 Å². The Hall–Kier alpha value is -0.420. The molecular weight excluding hydrogens is 226 g/mol. The summed E-state index contributed by atoms with van der Waals surface area (Å²) < 4.78 is 25.3. The van der Waals surface area contributed by atoms with Gasteiger partial charge in [-0.15, -0.1) is 12.4 Å². The van der Waals surface area contributed by atoms with E-state index in [-0.39, 0.29) is 24.2 Å². The Kier molecular flexibility index (Phi) is 8.86. The summed E-state index contributed by atoms with van der Waals surface area (Å²) in [7, 11) is 0.